The summed E-state index contributed by atoms with van der Waals surface area (Å²) in [7, 11) is 0. The van der Waals surface area contributed by atoms with Crippen molar-refractivity contribution in [1.29, 1.82) is 0 Å². The van der Waals surface area contributed by atoms with Gasteiger partial charge in [-0.25, -0.2) is 4.79 Å². The lowest BCUT2D eigenvalue weighted by molar-refractivity contribution is 0.244. The fourth-order valence-corrected chi connectivity index (χ4v) is 0.938. The Kier molecular flexibility index (Phi) is 3.06. The smallest absolute Gasteiger partial charge is 0.319 e. The fraction of sp³-hybridized carbons (Fsp3) is 0.400. The molecule has 0 radical (unpaired) electrons. The number of hydrogen-bond donors (Lipinski definition) is 2. The van der Waals surface area contributed by atoms with Crippen molar-refractivity contribution in [3.63, 3.8) is 0 Å². The molecule has 0 aliphatic carbocycles. The molecule has 0 saturated heterocycles. The summed E-state index contributed by atoms with van der Waals surface area (Å²) in [4.78, 5) is 15.2. The lowest BCUT2D eigenvalue weighted by Gasteiger charge is -2.20. The van der Waals surface area contributed by atoms with Crippen molar-refractivity contribution in [2.45, 2.75) is 26.3 Å². The van der Waals surface area contributed by atoms with Crippen molar-refractivity contribution in [1.82, 2.24) is 10.3 Å². The highest BCUT2D eigenvalue weighted by Gasteiger charge is 2.12. The third kappa shape index (κ3) is 3.89. The van der Waals surface area contributed by atoms with E-state index in [4.69, 9.17) is 0 Å². The molecular formula is C10H15N3O. The second-order valence-electron chi connectivity index (χ2n) is 4.07. The third-order valence-corrected chi connectivity index (χ3v) is 1.43. The number of urea groups is 1. The molecule has 0 aromatic carbocycles. The number of anilines is 1. The predicted molar refractivity (Wildman–Crippen MR) is 56.1 cm³/mol. The van der Waals surface area contributed by atoms with Gasteiger partial charge in [-0.3, -0.25) is 4.98 Å². The second-order valence-corrected chi connectivity index (χ2v) is 4.07. The maximum absolute atomic E-state index is 11.4. The number of hydrogen-bond acceptors (Lipinski definition) is 2. The van der Waals surface area contributed by atoms with Crippen molar-refractivity contribution in [3.05, 3.63) is 24.5 Å². The number of nitrogens with one attached hydrogen (secondary N) is 2. The lowest BCUT2D eigenvalue weighted by Crippen LogP contribution is -2.43. The molecule has 4 heteroatoms. The summed E-state index contributed by atoms with van der Waals surface area (Å²) >= 11 is 0. The topological polar surface area (TPSA) is 54.0 Å². The zero-order valence-corrected chi connectivity index (χ0v) is 8.66. The SMILES string of the molecule is CC(C)(C)NC(=O)Nc1ccncc1. The Morgan fingerprint density at radius 3 is 2.36 bits per heavy atom. The van der Waals surface area contributed by atoms with E-state index in [9.17, 15) is 4.79 Å². The van der Waals surface area contributed by atoms with Gasteiger partial charge in [0.05, 0.1) is 0 Å². The molecule has 0 aliphatic heterocycles. The van der Waals surface area contributed by atoms with Crippen LogP contribution in [0.15, 0.2) is 24.5 Å². The molecule has 2 N–H and O–H groups in total. The van der Waals surface area contributed by atoms with Crippen LogP contribution in [0.4, 0.5) is 10.5 Å². The molecule has 14 heavy (non-hydrogen) atoms. The van der Waals surface area contributed by atoms with E-state index in [1.807, 2.05) is 20.8 Å². The van der Waals surface area contributed by atoms with Crippen LogP contribution in [0.25, 0.3) is 0 Å². The van der Waals surface area contributed by atoms with Crippen molar-refractivity contribution in [3.8, 4) is 0 Å². The summed E-state index contributed by atoms with van der Waals surface area (Å²) < 4.78 is 0. The van der Waals surface area contributed by atoms with Gasteiger partial charge in [0, 0.05) is 23.6 Å². The van der Waals surface area contributed by atoms with Gasteiger partial charge in [0.2, 0.25) is 0 Å². The number of amides is 2. The molecule has 76 valence electrons. The van der Waals surface area contributed by atoms with Gasteiger partial charge in [0.1, 0.15) is 0 Å². The average molecular weight is 193 g/mol. The molecule has 1 aromatic rings. The van der Waals surface area contributed by atoms with Gasteiger partial charge in [-0.05, 0) is 32.9 Å². The van der Waals surface area contributed by atoms with E-state index in [1.54, 1.807) is 24.5 Å². The summed E-state index contributed by atoms with van der Waals surface area (Å²) in [5.74, 6) is 0. The molecular weight excluding hydrogens is 178 g/mol. The van der Waals surface area contributed by atoms with E-state index < -0.39 is 0 Å². The molecule has 0 aliphatic rings. The first kappa shape index (κ1) is 10.5. The lowest BCUT2D eigenvalue weighted by atomic mass is 10.1. The first-order valence-corrected chi connectivity index (χ1v) is 4.46. The zero-order valence-electron chi connectivity index (χ0n) is 8.66. The maximum atomic E-state index is 11.4. The van der Waals surface area contributed by atoms with E-state index in [2.05, 4.69) is 15.6 Å². The molecule has 1 heterocycles. The molecule has 0 bridgehead atoms. The van der Waals surface area contributed by atoms with E-state index in [0.29, 0.717) is 0 Å². The Morgan fingerprint density at radius 1 is 1.29 bits per heavy atom. The van der Waals surface area contributed by atoms with E-state index in [-0.39, 0.29) is 11.6 Å². The van der Waals surface area contributed by atoms with Gasteiger partial charge in [-0.1, -0.05) is 0 Å². The largest absolute Gasteiger partial charge is 0.333 e. The second kappa shape index (κ2) is 4.09. The van der Waals surface area contributed by atoms with Gasteiger partial charge in [-0.2, -0.15) is 0 Å². The van der Waals surface area contributed by atoms with E-state index >= 15 is 0 Å². The molecule has 1 aromatic heterocycles. The third-order valence-electron chi connectivity index (χ3n) is 1.43. The van der Waals surface area contributed by atoms with Crippen LogP contribution in [0.1, 0.15) is 20.8 Å². The van der Waals surface area contributed by atoms with Crippen LogP contribution in [0, 0.1) is 0 Å². The molecule has 0 atom stereocenters. The standard InChI is InChI=1S/C10H15N3O/c1-10(2,3)13-9(14)12-8-4-6-11-7-5-8/h4-7H,1-3H3,(H2,11,12,13,14). The number of carbonyl (C=O) groups is 1. The summed E-state index contributed by atoms with van der Waals surface area (Å²) in [5.41, 5.74) is 0.513. The first-order chi connectivity index (χ1) is 6.47. The number of carbonyl (C=O) groups excluding carboxylic acids is 1. The molecule has 0 saturated carbocycles. The van der Waals surface area contributed by atoms with Gasteiger partial charge < -0.3 is 10.6 Å². The van der Waals surface area contributed by atoms with Crippen LogP contribution in [-0.2, 0) is 0 Å². The van der Waals surface area contributed by atoms with Gasteiger partial charge in [0.15, 0.2) is 0 Å². The quantitative estimate of drug-likeness (QED) is 0.716. The fourth-order valence-electron chi connectivity index (χ4n) is 0.938. The Morgan fingerprint density at radius 2 is 1.86 bits per heavy atom. The molecule has 0 spiro atoms. The van der Waals surface area contributed by atoms with E-state index in [1.165, 1.54) is 0 Å². The first-order valence-electron chi connectivity index (χ1n) is 4.46. The molecule has 2 amide bonds. The number of rotatable bonds is 1. The Bertz CT molecular complexity index is 303. The molecule has 0 fully saturated rings. The Balaban J connectivity index is 2.50. The monoisotopic (exact) mass is 193 g/mol. The van der Waals surface area contributed by atoms with Gasteiger partial charge in [-0.15, -0.1) is 0 Å². The minimum atomic E-state index is -0.225. The van der Waals surface area contributed by atoms with Crippen molar-refractivity contribution < 1.29 is 4.79 Å². The van der Waals surface area contributed by atoms with Crippen LogP contribution in [0.5, 0.6) is 0 Å². The minimum Gasteiger partial charge on any atom is -0.333 e. The van der Waals surface area contributed by atoms with Crippen LogP contribution >= 0.6 is 0 Å². The van der Waals surface area contributed by atoms with Crippen molar-refractivity contribution in [2.24, 2.45) is 0 Å². The molecule has 4 nitrogen and oxygen atoms in total. The maximum Gasteiger partial charge on any atom is 0.319 e. The van der Waals surface area contributed by atoms with Crippen LogP contribution in [0.2, 0.25) is 0 Å². The molecule has 0 unspecified atom stereocenters. The van der Waals surface area contributed by atoms with Crippen molar-refractivity contribution >= 4 is 11.7 Å². The van der Waals surface area contributed by atoms with Gasteiger partial charge in [0.25, 0.3) is 0 Å². The summed E-state index contributed by atoms with van der Waals surface area (Å²) in [5, 5.41) is 5.51. The van der Waals surface area contributed by atoms with E-state index in [0.717, 1.165) is 5.69 Å². The Labute approximate surface area is 83.7 Å². The number of nitrogens with zero attached hydrogens (tertiary/aromatic N) is 1. The number of pyridine rings is 1. The summed E-state index contributed by atoms with van der Waals surface area (Å²) in [6, 6.07) is 3.27. The summed E-state index contributed by atoms with van der Waals surface area (Å²) in [6.45, 7) is 5.79. The van der Waals surface area contributed by atoms with Crippen LogP contribution < -0.4 is 10.6 Å². The normalized spacial score (nSPS) is 10.8. The van der Waals surface area contributed by atoms with Gasteiger partial charge >= 0.3 is 6.03 Å². The summed E-state index contributed by atoms with van der Waals surface area (Å²) in [6.07, 6.45) is 3.26. The molecule has 1 rings (SSSR count). The zero-order chi connectivity index (χ0) is 10.6. The van der Waals surface area contributed by atoms with Crippen molar-refractivity contribution in [2.75, 3.05) is 5.32 Å². The average Bonchev–Trinajstić information content (AvgIpc) is 2.02. The number of aromatic nitrogens is 1. The van der Waals surface area contributed by atoms with Crippen LogP contribution in [-0.4, -0.2) is 16.6 Å². The highest BCUT2D eigenvalue weighted by atomic mass is 16.2. The highest BCUT2D eigenvalue weighted by molar-refractivity contribution is 5.89. The van der Waals surface area contributed by atoms with Crippen LogP contribution in [0.3, 0.4) is 0 Å². The highest BCUT2D eigenvalue weighted by Crippen LogP contribution is 2.04. The minimum absolute atomic E-state index is 0.205. The Hall–Kier alpha value is -1.58. The predicted octanol–water partition coefficient (Wildman–Crippen LogP) is 2.00.